The molecule has 0 bridgehead atoms. The number of hydrogen-bond donors (Lipinski definition) is 1. The normalized spacial score (nSPS) is 15.8. The number of imidazole rings is 1. The van der Waals surface area contributed by atoms with Crippen LogP contribution in [-0.2, 0) is 13.1 Å². The van der Waals surface area contributed by atoms with E-state index in [9.17, 15) is 9.59 Å². The van der Waals surface area contributed by atoms with Crippen LogP contribution in [0, 0.1) is 0 Å². The van der Waals surface area contributed by atoms with Crippen LogP contribution in [0.1, 0.15) is 45.5 Å². The van der Waals surface area contributed by atoms with Crippen LogP contribution in [0.3, 0.4) is 0 Å². The van der Waals surface area contributed by atoms with Crippen LogP contribution < -0.4 is 5.32 Å². The highest BCUT2D eigenvalue weighted by atomic mass is 16.2. The van der Waals surface area contributed by atoms with Crippen LogP contribution >= 0.6 is 0 Å². The minimum Gasteiger partial charge on any atom is -0.345 e. The van der Waals surface area contributed by atoms with Crippen LogP contribution in [0.2, 0.25) is 0 Å². The van der Waals surface area contributed by atoms with Crippen molar-refractivity contribution in [2.24, 2.45) is 0 Å². The molecule has 1 N–H and O–H groups in total. The number of pyridine rings is 1. The predicted octanol–water partition coefficient (Wildman–Crippen LogP) is 1.22. The first-order chi connectivity index (χ1) is 13.6. The summed E-state index contributed by atoms with van der Waals surface area (Å²) in [5, 5.41) is 2.82. The minimum atomic E-state index is -0.277. The molecule has 9 nitrogen and oxygen atoms in total. The third kappa shape index (κ3) is 3.46. The Bertz CT molecular complexity index is 988. The van der Waals surface area contributed by atoms with Gasteiger partial charge in [-0.1, -0.05) is 6.07 Å². The lowest BCUT2D eigenvalue weighted by Crippen LogP contribution is -2.41. The van der Waals surface area contributed by atoms with Gasteiger partial charge in [-0.3, -0.25) is 19.6 Å². The Labute approximate surface area is 161 Å². The topological polar surface area (TPSA) is 106 Å². The highest BCUT2D eigenvalue weighted by Gasteiger charge is 2.31. The number of aromatic nitrogens is 5. The fraction of sp³-hybridized carbons (Fsp3) is 0.263. The third-order valence-corrected chi connectivity index (χ3v) is 4.66. The predicted molar refractivity (Wildman–Crippen MR) is 99.1 cm³/mol. The van der Waals surface area contributed by atoms with Crippen molar-refractivity contribution in [1.82, 2.24) is 34.7 Å². The zero-order chi connectivity index (χ0) is 19.5. The molecule has 142 valence electrons. The lowest BCUT2D eigenvalue weighted by Gasteiger charge is -2.33. The number of hydrogen-bond acceptors (Lipinski definition) is 6. The Morgan fingerprint density at radius 3 is 2.79 bits per heavy atom. The molecule has 0 saturated heterocycles. The zero-order valence-electron chi connectivity index (χ0n) is 15.3. The fourth-order valence-corrected chi connectivity index (χ4v) is 3.20. The Hall–Kier alpha value is -3.62. The van der Waals surface area contributed by atoms with Gasteiger partial charge in [-0.05, 0) is 19.1 Å². The summed E-state index contributed by atoms with van der Waals surface area (Å²) >= 11 is 0. The summed E-state index contributed by atoms with van der Waals surface area (Å²) in [4.78, 5) is 43.6. The summed E-state index contributed by atoms with van der Waals surface area (Å²) in [6.07, 6.45) is 7.88. The molecule has 0 fully saturated rings. The van der Waals surface area contributed by atoms with E-state index < -0.39 is 0 Å². The van der Waals surface area contributed by atoms with Gasteiger partial charge in [0.25, 0.3) is 11.8 Å². The number of amides is 2. The lowest BCUT2D eigenvalue weighted by molar-refractivity contribution is 0.0631. The van der Waals surface area contributed by atoms with Gasteiger partial charge in [0, 0.05) is 37.9 Å². The molecule has 3 aromatic rings. The summed E-state index contributed by atoms with van der Waals surface area (Å²) in [5.74, 6) is 0.203. The van der Waals surface area contributed by atoms with Crippen molar-refractivity contribution in [3.8, 4) is 0 Å². The van der Waals surface area contributed by atoms with E-state index >= 15 is 0 Å². The van der Waals surface area contributed by atoms with Crippen molar-refractivity contribution < 1.29 is 9.59 Å². The fourth-order valence-electron chi connectivity index (χ4n) is 3.20. The molecule has 9 heteroatoms. The van der Waals surface area contributed by atoms with E-state index in [0.717, 1.165) is 5.69 Å². The van der Waals surface area contributed by atoms with Gasteiger partial charge >= 0.3 is 0 Å². The van der Waals surface area contributed by atoms with Crippen LogP contribution in [0.25, 0.3) is 0 Å². The van der Waals surface area contributed by atoms with Crippen molar-refractivity contribution in [2.75, 3.05) is 6.54 Å². The molecule has 0 saturated carbocycles. The van der Waals surface area contributed by atoms with Crippen molar-refractivity contribution in [3.63, 3.8) is 0 Å². The first-order valence-corrected chi connectivity index (χ1v) is 8.95. The van der Waals surface area contributed by atoms with Gasteiger partial charge < -0.3 is 14.8 Å². The van der Waals surface area contributed by atoms with E-state index in [0.29, 0.717) is 36.8 Å². The SMILES string of the molecule is C[C@@H]1c2nc(C(=O)NCc3ccccn3)cn2CCN1C(=O)c1cnccn1. The molecule has 4 rings (SSSR count). The zero-order valence-corrected chi connectivity index (χ0v) is 15.3. The van der Waals surface area contributed by atoms with Crippen LogP contribution in [0.4, 0.5) is 0 Å². The molecular weight excluding hydrogens is 358 g/mol. The second kappa shape index (κ2) is 7.55. The highest BCUT2D eigenvalue weighted by Crippen LogP contribution is 2.25. The largest absolute Gasteiger partial charge is 0.345 e. The van der Waals surface area contributed by atoms with Crippen LogP contribution in [0.5, 0.6) is 0 Å². The van der Waals surface area contributed by atoms with Gasteiger partial charge in [0.15, 0.2) is 0 Å². The van der Waals surface area contributed by atoms with E-state index in [4.69, 9.17) is 0 Å². The monoisotopic (exact) mass is 377 g/mol. The average Bonchev–Trinajstić information content (AvgIpc) is 3.19. The molecule has 0 aliphatic carbocycles. The van der Waals surface area contributed by atoms with Gasteiger partial charge in [0.2, 0.25) is 0 Å². The van der Waals surface area contributed by atoms with Gasteiger partial charge in [-0.2, -0.15) is 0 Å². The summed E-state index contributed by atoms with van der Waals surface area (Å²) in [5.41, 5.74) is 1.39. The van der Waals surface area contributed by atoms with E-state index in [1.54, 1.807) is 17.3 Å². The molecule has 0 aromatic carbocycles. The lowest BCUT2D eigenvalue weighted by atomic mass is 10.2. The number of carbonyl (C=O) groups is 2. The molecule has 4 heterocycles. The average molecular weight is 377 g/mol. The Balaban J connectivity index is 1.48. The molecule has 3 aromatic heterocycles. The minimum absolute atomic E-state index is 0.198. The van der Waals surface area contributed by atoms with Crippen molar-refractivity contribution >= 4 is 11.8 Å². The molecule has 1 atom stereocenters. The molecule has 0 unspecified atom stereocenters. The molecule has 0 spiro atoms. The van der Waals surface area contributed by atoms with Crippen molar-refractivity contribution in [2.45, 2.75) is 26.1 Å². The van der Waals surface area contributed by atoms with Crippen LogP contribution in [-0.4, -0.2) is 47.8 Å². The van der Waals surface area contributed by atoms with Crippen LogP contribution in [0.15, 0.2) is 49.2 Å². The van der Waals surface area contributed by atoms with E-state index in [1.807, 2.05) is 29.7 Å². The van der Waals surface area contributed by atoms with Gasteiger partial charge in [0.05, 0.1) is 24.5 Å². The Kier molecular flexibility index (Phi) is 4.79. The molecular formula is C19H19N7O2. The summed E-state index contributed by atoms with van der Waals surface area (Å²) in [6.45, 7) is 3.29. The summed E-state index contributed by atoms with van der Waals surface area (Å²) in [7, 11) is 0. The Morgan fingerprint density at radius 2 is 2.04 bits per heavy atom. The molecule has 2 amide bonds. The first-order valence-electron chi connectivity index (χ1n) is 8.95. The molecule has 0 radical (unpaired) electrons. The number of nitrogens with zero attached hydrogens (tertiary/aromatic N) is 6. The summed E-state index contributed by atoms with van der Waals surface area (Å²) < 4.78 is 1.92. The smallest absolute Gasteiger partial charge is 0.274 e. The quantitative estimate of drug-likeness (QED) is 0.733. The summed E-state index contributed by atoms with van der Waals surface area (Å²) in [6, 6.07) is 5.26. The van der Waals surface area contributed by atoms with Crippen molar-refractivity contribution in [3.05, 3.63) is 72.1 Å². The first kappa shape index (κ1) is 17.8. The third-order valence-electron chi connectivity index (χ3n) is 4.66. The molecule has 28 heavy (non-hydrogen) atoms. The highest BCUT2D eigenvalue weighted by molar-refractivity contribution is 5.93. The maximum absolute atomic E-state index is 12.7. The number of rotatable bonds is 4. The number of fused-ring (bicyclic) bond motifs is 1. The number of carbonyl (C=O) groups excluding carboxylic acids is 2. The second-order valence-corrected chi connectivity index (χ2v) is 6.45. The van der Waals surface area contributed by atoms with Crippen molar-refractivity contribution in [1.29, 1.82) is 0 Å². The Morgan fingerprint density at radius 1 is 1.14 bits per heavy atom. The number of nitrogens with one attached hydrogen (secondary N) is 1. The van der Waals surface area contributed by atoms with Gasteiger partial charge in [-0.25, -0.2) is 9.97 Å². The standard InChI is InChI=1S/C19H19N7O2/c1-13-17-24-16(18(27)23-10-14-4-2-3-5-21-14)12-25(17)8-9-26(13)19(28)15-11-20-6-7-22-15/h2-7,11-13H,8-10H2,1H3,(H,23,27)/t13-/m1/s1. The second-order valence-electron chi connectivity index (χ2n) is 6.45. The van der Waals surface area contributed by atoms with E-state index in [2.05, 4.69) is 25.3 Å². The van der Waals surface area contributed by atoms with E-state index in [-0.39, 0.29) is 17.9 Å². The van der Waals surface area contributed by atoms with Gasteiger partial charge in [0.1, 0.15) is 17.2 Å². The maximum Gasteiger partial charge on any atom is 0.274 e. The maximum atomic E-state index is 12.7. The van der Waals surface area contributed by atoms with Gasteiger partial charge in [-0.15, -0.1) is 0 Å². The molecule has 1 aliphatic heterocycles. The van der Waals surface area contributed by atoms with E-state index in [1.165, 1.54) is 18.6 Å². The molecule has 1 aliphatic rings.